The topological polar surface area (TPSA) is 38.8 Å². The molecule has 0 radical (unpaired) electrons. The maximum atomic E-state index is 12.8. The van der Waals surface area contributed by atoms with Gasteiger partial charge in [-0.3, -0.25) is 4.79 Å². The molecule has 1 fully saturated rings. The molecule has 1 aliphatic rings. The van der Waals surface area contributed by atoms with Crippen LogP contribution in [0.1, 0.15) is 24.2 Å². The fourth-order valence-corrected chi connectivity index (χ4v) is 2.93. The molecular formula is C14H17Cl2NO3. The largest absolute Gasteiger partial charge is 0.494 e. The van der Waals surface area contributed by atoms with Crippen LogP contribution >= 0.6 is 23.2 Å². The molecule has 1 aliphatic heterocycles. The molecule has 0 aromatic heterocycles. The lowest BCUT2D eigenvalue weighted by atomic mass is 10.1. The van der Waals surface area contributed by atoms with E-state index in [-0.39, 0.29) is 18.0 Å². The van der Waals surface area contributed by atoms with Crippen LogP contribution in [-0.4, -0.2) is 43.2 Å². The lowest BCUT2D eigenvalue weighted by Gasteiger charge is -2.39. The zero-order chi connectivity index (χ0) is 14.9. The van der Waals surface area contributed by atoms with Crippen molar-refractivity contribution >= 4 is 29.1 Å². The van der Waals surface area contributed by atoms with E-state index in [1.165, 1.54) is 7.11 Å². The van der Waals surface area contributed by atoms with Crippen molar-refractivity contribution in [2.45, 2.75) is 25.9 Å². The molecule has 1 saturated heterocycles. The van der Waals surface area contributed by atoms with E-state index in [0.717, 1.165) is 0 Å². The SMILES string of the molecule is COc1c(Cl)ccc(Cl)c1C(=O)N1C(C)COCC1C. The maximum Gasteiger partial charge on any atom is 0.259 e. The third kappa shape index (κ3) is 2.73. The molecule has 0 spiro atoms. The molecule has 0 aliphatic carbocycles. The molecule has 2 rings (SSSR count). The average molecular weight is 318 g/mol. The lowest BCUT2D eigenvalue weighted by Crippen LogP contribution is -2.52. The van der Waals surface area contributed by atoms with Crippen molar-refractivity contribution in [3.8, 4) is 5.75 Å². The minimum absolute atomic E-state index is 0.0222. The molecule has 1 aromatic carbocycles. The quantitative estimate of drug-likeness (QED) is 0.840. The second kappa shape index (κ2) is 6.20. The number of hydrogen-bond donors (Lipinski definition) is 0. The van der Waals surface area contributed by atoms with E-state index in [2.05, 4.69) is 0 Å². The van der Waals surface area contributed by atoms with E-state index in [1.54, 1.807) is 17.0 Å². The Bertz CT molecular complexity index is 511. The smallest absolute Gasteiger partial charge is 0.259 e. The molecule has 6 heteroatoms. The highest BCUT2D eigenvalue weighted by atomic mass is 35.5. The number of rotatable bonds is 2. The first-order valence-electron chi connectivity index (χ1n) is 6.39. The van der Waals surface area contributed by atoms with Crippen LogP contribution < -0.4 is 4.74 Å². The summed E-state index contributed by atoms with van der Waals surface area (Å²) in [6, 6.07) is 3.18. The first-order chi connectivity index (χ1) is 9.47. The molecule has 1 amide bonds. The van der Waals surface area contributed by atoms with Crippen molar-refractivity contribution in [2.75, 3.05) is 20.3 Å². The standard InChI is InChI=1S/C14H17Cl2NO3/c1-8-6-20-7-9(2)17(8)14(18)12-10(15)4-5-11(16)13(12)19-3/h4-5,8-9H,6-7H2,1-3H3. The number of morpholine rings is 1. The lowest BCUT2D eigenvalue weighted by molar-refractivity contribution is -0.0250. The van der Waals surface area contributed by atoms with Gasteiger partial charge in [-0.05, 0) is 26.0 Å². The number of carbonyl (C=O) groups is 1. The Morgan fingerprint density at radius 1 is 1.25 bits per heavy atom. The number of halogens is 2. The van der Waals surface area contributed by atoms with Gasteiger partial charge in [0.15, 0.2) is 5.75 Å². The Morgan fingerprint density at radius 2 is 1.80 bits per heavy atom. The summed E-state index contributed by atoms with van der Waals surface area (Å²) >= 11 is 12.3. The summed E-state index contributed by atoms with van der Waals surface area (Å²) in [6.07, 6.45) is 0. The summed E-state index contributed by atoms with van der Waals surface area (Å²) in [5.74, 6) is 0.132. The monoisotopic (exact) mass is 317 g/mol. The van der Waals surface area contributed by atoms with Gasteiger partial charge in [-0.1, -0.05) is 23.2 Å². The molecule has 2 atom stereocenters. The summed E-state index contributed by atoms with van der Waals surface area (Å²) in [4.78, 5) is 14.6. The Kier molecular flexibility index (Phi) is 4.78. The summed E-state index contributed by atoms with van der Waals surface area (Å²) in [5, 5.41) is 0.705. The molecule has 20 heavy (non-hydrogen) atoms. The number of methoxy groups -OCH3 is 1. The van der Waals surface area contributed by atoms with Gasteiger partial charge in [0.05, 0.1) is 42.5 Å². The van der Waals surface area contributed by atoms with Gasteiger partial charge in [-0.15, -0.1) is 0 Å². The summed E-state index contributed by atoms with van der Waals surface area (Å²) < 4.78 is 10.7. The Morgan fingerprint density at radius 3 is 2.35 bits per heavy atom. The minimum atomic E-state index is -0.183. The second-order valence-corrected chi connectivity index (χ2v) is 5.70. The van der Waals surface area contributed by atoms with Gasteiger partial charge in [-0.2, -0.15) is 0 Å². The van der Waals surface area contributed by atoms with E-state index in [0.29, 0.717) is 34.6 Å². The van der Waals surface area contributed by atoms with E-state index in [1.807, 2.05) is 13.8 Å². The Labute approximate surface area is 128 Å². The van der Waals surface area contributed by atoms with Crippen LogP contribution in [0.4, 0.5) is 0 Å². The average Bonchev–Trinajstić information content (AvgIpc) is 2.40. The van der Waals surface area contributed by atoms with Crippen molar-refractivity contribution in [3.05, 3.63) is 27.7 Å². The van der Waals surface area contributed by atoms with E-state index in [4.69, 9.17) is 32.7 Å². The van der Waals surface area contributed by atoms with Crippen molar-refractivity contribution < 1.29 is 14.3 Å². The van der Waals surface area contributed by atoms with Gasteiger partial charge in [0.1, 0.15) is 5.56 Å². The first-order valence-corrected chi connectivity index (χ1v) is 7.15. The predicted octanol–water partition coefficient (Wildman–Crippen LogP) is 3.25. The molecule has 2 unspecified atom stereocenters. The predicted molar refractivity (Wildman–Crippen MR) is 78.9 cm³/mol. The van der Waals surface area contributed by atoms with Crippen LogP contribution in [0.3, 0.4) is 0 Å². The summed E-state index contributed by atoms with van der Waals surface area (Å²) in [7, 11) is 1.47. The van der Waals surface area contributed by atoms with Crippen molar-refractivity contribution in [1.82, 2.24) is 4.90 Å². The van der Waals surface area contributed by atoms with E-state index < -0.39 is 0 Å². The maximum absolute atomic E-state index is 12.8. The highest BCUT2D eigenvalue weighted by Crippen LogP contribution is 2.35. The second-order valence-electron chi connectivity index (χ2n) is 4.89. The van der Waals surface area contributed by atoms with E-state index in [9.17, 15) is 4.79 Å². The van der Waals surface area contributed by atoms with Crippen LogP contribution in [-0.2, 0) is 4.74 Å². The number of ether oxygens (including phenoxy) is 2. The van der Waals surface area contributed by atoms with Gasteiger partial charge >= 0.3 is 0 Å². The molecule has 1 heterocycles. The van der Waals surface area contributed by atoms with Gasteiger partial charge in [-0.25, -0.2) is 0 Å². The van der Waals surface area contributed by atoms with Gasteiger partial charge in [0, 0.05) is 0 Å². The van der Waals surface area contributed by atoms with Crippen molar-refractivity contribution in [3.63, 3.8) is 0 Å². The third-order valence-corrected chi connectivity index (χ3v) is 3.99. The van der Waals surface area contributed by atoms with Crippen LogP contribution in [0.2, 0.25) is 10.0 Å². The van der Waals surface area contributed by atoms with Crippen molar-refractivity contribution in [1.29, 1.82) is 0 Å². The van der Waals surface area contributed by atoms with Gasteiger partial charge in [0.25, 0.3) is 5.91 Å². The van der Waals surface area contributed by atoms with Crippen LogP contribution in [0.5, 0.6) is 5.75 Å². The normalized spacial score (nSPS) is 22.8. The highest BCUT2D eigenvalue weighted by molar-refractivity contribution is 6.37. The molecule has 0 N–H and O–H groups in total. The molecular weight excluding hydrogens is 301 g/mol. The van der Waals surface area contributed by atoms with E-state index >= 15 is 0 Å². The number of carbonyl (C=O) groups excluding carboxylic acids is 1. The highest BCUT2D eigenvalue weighted by Gasteiger charge is 2.33. The molecule has 4 nitrogen and oxygen atoms in total. The first kappa shape index (κ1) is 15.4. The Balaban J connectivity index is 2.45. The number of nitrogens with zero attached hydrogens (tertiary/aromatic N) is 1. The van der Waals surface area contributed by atoms with Gasteiger partial charge < -0.3 is 14.4 Å². The van der Waals surface area contributed by atoms with Crippen LogP contribution in [0.25, 0.3) is 0 Å². The van der Waals surface area contributed by atoms with Crippen LogP contribution in [0.15, 0.2) is 12.1 Å². The zero-order valence-corrected chi connectivity index (χ0v) is 13.2. The van der Waals surface area contributed by atoms with Crippen LogP contribution in [0, 0.1) is 0 Å². The van der Waals surface area contributed by atoms with Crippen molar-refractivity contribution in [2.24, 2.45) is 0 Å². The van der Waals surface area contributed by atoms with Gasteiger partial charge in [0.2, 0.25) is 0 Å². The fraction of sp³-hybridized carbons (Fsp3) is 0.500. The molecule has 1 aromatic rings. The number of hydrogen-bond acceptors (Lipinski definition) is 3. The third-order valence-electron chi connectivity index (χ3n) is 3.38. The Hall–Kier alpha value is -0.970. The minimum Gasteiger partial charge on any atom is -0.494 e. The zero-order valence-electron chi connectivity index (χ0n) is 11.7. The summed E-state index contributed by atoms with van der Waals surface area (Å²) in [5.41, 5.74) is 0.308. The molecule has 0 bridgehead atoms. The fourth-order valence-electron chi connectivity index (χ4n) is 2.47. The number of amides is 1. The molecule has 0 saturated carbocycles. The summed E-state index contributed by atoms with van der Waals surface area (Å²) in [6.45, 7) is 4.91. The molecule has 110 valence electrons. The number of benzene rings is 1.